The molecule has 0 radical (unpaired) electrons. The Morgan fingerprint density at radius 3 is 2.69 bits per heavy atom. The molecule has 7 heteroatoms. The second-order valence-corrected chi connectivity index (χ2v) is 9.06. The first kappa shape index (κ1) is 24.3. The van der Waals surface area contributed by atoms with Crippen LogP contribution in [-0.2, 0) is 20.8 Å². The normalized spacial score (nSPS) is 18.8. The van der Waals surface area contributed by atoms with Crippen molar-refractivity contribution in [2.75, 3.05) is 40.5 Å². The van der Waals surface area contributed by atoms with Crippen LogP contribution in [0.1, 0.15) is 43.6 Å². The molecule has 2 heterocycles. The molecule has 32 heavy (non-hydrogen) atoms. The first-order chi connectivity index (χ1) is 15.5. The number of carbonyl (C=O) groups is 2. The number of amides is 1. The van der Waals surface area contributed by atoms with Gasteiger partial charge in [-0.3, -0.25) is 9.59 Å². The van der Waals surface area contributed by atoms with E-state index in [9.17, 15) is 9.59 Å². The van der Waals surface area contributed by atoms with Crippen LogP contribution in [0.2, 0.25) is 0 Å². The molecule has 2 atom stereocenters. The Bertz CT molecular complexity index is 908. The zero-order valence-electron chi connectivity index (χ0n) is 19.8. The second-order valence-electron chi connectivity index (χ2n) is 9.06. The van der Waals surface area contributed by atoms with E-state index in [1.807, 2.05) is 23.1 Å². The van der Waals surface area contributed by atoms with Gasteiger partial charge in [-0.05, 0) is 37.3 Å². The predicted octanol–water partition coefficient (Wildman–Crippen LogP) is 3.32. The highest BCUT2D eigenvalue weighted by atomic mass is 16.5. The van der Waals surface area contributed by atoms with Crippen LogP contribution in [0.3, 0.4) is 0 Å². The number of para-hydroxylation sites is 1. The molecule has 1 aromatic heterocycles. The zero-order valence-corrected chi connectivity index (χ0v) is 19.8. The third kappa shape index (κ3) is 5.70. The molecule has 3 rings (SSSR count). The molecule has 0 spiro atoms. The van der Waals surface area contributed by atoms with Gasteiger partial charge in [0.05, 0.1) is 13.0 Å². The molecular formula is C25H37N3O4. The monoisotopic (exact) mass is 443 g/mol. The molecule has 0 bridgehead atoms. The van der Waals surface area contributed by atoms with Crippen molar-refractivity contribution in [1.29, 1.82) is 0 Å². The minimum Gasteiger partial charge on any atom is -0.469 e. The quantitative estimate of drug-likeness (QED) is 0.451. The zero-order chi connectivity index (χ0) is 23.1. The number of nitrogens with one attached hydrogen (secondary N) is 1. The molecule has 7 nitrogen and oxygen atoms in total. The van der Waals surface area contributed by atoms with Crippen molar-refractivity contribution < 1.29 is 19.1 Å². The Hall–Kier alpha value is -2.38. The van der Waals surface area contributed by atoms with E-state index in [1.54, 1.807) is 7.11 Å². The molecule has 0 unspecified atom stereocenters. The van der Waals surface area contributed by atoms with Crippen molar-refractivity contribution in [2.45, 2.75) is 45.7 Å². The van der Waals surface area contributed by atoms with E-state index in [-0.39, 0.29) is 23.8 Å². The van der Waals surface area contributed by atoms with Gasteiger partial charge >= 0.3 is 5.97 Å². The molecule has 1 amide bonds. The largest absolute Gasteiger partial charge is 0.469 e. The van der Waals surface area contributed by atoms with Gasteiger partial charge in [-0.25, -0.2) is 0 Å². The number of hydrogen-bond donors (Lipinski definition) is 1. The van der Waals surface area contributed by atoms with Gasteiger partial charge in [0.15, 0.2) is 0 Å². The van der Waals surface area contributed by atoms with E-state index < -0.39 is 0 Å². The summed E-state index contributed by atoms with van der Waals surface area (Å²) in [7, 11) is 3.13. The van der Waals surface area contributed by atoms with Crippen molar-refractivity contribution in [3.05, 3.63) is 36.0 Å². The van der Waals surface area contributed by atoms with Gasteiger partial charge in [-0.1, -0.05) is 32.0 Å². The molecule has 1 aromatic carbocycles. The summed E-state index contributed by atoms with van der Waals surface area (Å²) in [5, 5.41) is 4.40. The number of unbranched alkanes of at least 4 members (excludes halogenated alkanes) is 1. The molecule has 176 valence electrons. The average molecular weight is 444 g/mol. The van der Waals surface area contributed by atoms with Crippen LogP contribution in [0.25, 0.3) is 10.9 Å². The summed E-state index contributed by atoms with van der Waals surface area (Å²) in [6.07, 6.45) is 2.50. The summed E-state index contributed by atoms with van der Waals surface area (Å²) < 4.78 is 12.3. The predicted molar refractivity (Wildman–Crippen MR) is 126 cm³/mol. The number of benzene rings is 1. The van der Waals surface area contributed by atoms with Gasteiger partial charge in [0.1, 0.15) is 5.69 Å². The standard InChI is InChI=1S/C25H37N3O4/c1-18(2)17-28(21-13-20(15-26-16-21)25(30)32-4)24(29)23-14-19-9-5-6-10-22(19)27(23)11-7-8-12-31-3/h5-6,9-10,14,18,20-21,26H,7-8,11-13,15-17H2,1-4H3/t20-,21+/m1/s1. The molecule has 0 aliphatic carbocycles. The first-order valence-corrected chi connectivity index (χ1v) is 11.6. The maximum absolute atomic E-state index is 13.9. The first-order valence-electron chi connectivity index (χ1n) is 11.6. The number of methoxy groups -OCH3 is 2. The van der Waals surface area contributed by atoms with Gasteiger partial charge in [-0.15, -0.1) is 0 Å². The lowest BCUT2D eigenvalue weighted by atomic mass is 9.94. The van der Waals surface area contributed by atoms with Crippen molar-refractivity contribution in [3.63, 3.8) is 0 Å². The lowest BCUT2D eigenvalue weighted by Crippen LogP contribution is -2.53. The smallest absolute Gasteiger partial charge is 0.310 e. The van der Waals surface area contributed by atoms with E-state index in [0.717, 1.165) is 30.3 Å². The highest BCUT2D eigenvalue weighted by Crippen LogP contribution is 2.25. The number of ether oxygens (including phenoxy) is 2. The SMILES string of the molecule is COCCCCn1c(C(=O)N(CC(C)C)[C@@H]2CNC[C@H](C(=O)OC)C2)cc2ccccc21. The molecule has 1 aliphatic rings. The number of esters is 1. The maximum atomic E-state index is 13.9. The van der Waals surface area contributed by atoms with Crippen molar-refractivity contribution in [2.24, 2.45) is 11.8 Å². The van der Waals surface area contributed by atoms with E-state index in [2.05, 4.69) is 35.9 Å². The summed E-state index contributed by atoms with van der Waals surface area (Å²) in [6, 6.07) is 10.1. The summed E-state index contributed by atoms with van der Waals surface area (Å²) in [5.74, 6) is -0.108. The Morgan fingerprint density at radius 2 is 1.97 bits per heavy atom. The molecule has 1 saturated heterocycles. The number of aromatic nitrogens is 1. The van der Waals surface area contributed by atoms with Gasteiger partial charge in [0.2, 0.25) is 0 Å². The topological polar surface area (TPSA) is 72.8 Å². The number of nitrogens with zero attached hydrogens (tertiary/aromatic N) is 2. The number of hydrogen-bond acceptors (Lipinski definition) is 5. The molecule has 1 N–H and O–H groups in total. The Kier molecular flexibility index (Phi) is 8.70. The Balaban J connectivity index is 1.91. The summed E-state index contributed by atoms with van der Waals surface area (Å²) in [4.78, 5) is 28.1. The second kappa shape index (κ2) is 11.5. The Labute approximate surface area is 191 Å². The highest BCUT2D eigenvalue weighted by Gasteiger charge is 2.34. The van der Waals surface area contributed by atoms with Crippen LogP contribution in [0.4, 0.5) is 0 Å². The van der Waals surface area contributed by atoms with Gasteiger partial charge < -0.3 is 24.3 Å². The average Bonchev–Trinajstić information content (AvgIpc) is 3.18. The summed E-state index contributed by atoms with van der Waals surface area (Å²) >= 11 is 0. The lowest BCUT2D eigenvalue weighted by molar-refractivity contribution is -0.146. The molecular weight excluding hydrogens is 406 g/mol. The Morgan fingerprint density at radius 1 is 1.19 bits per heavy atom. The van der Waals surface area contributed by atoms with Crippen LogP contribution in [0.5, 0.6) is 0 Å². The molecule has 0 saturated carbocycles. The van der Waals surface area contributed by atoms with E-state index in [0.29, 0.717) is 44.3 Å². The number of aryl methyl sites for hydroxylation is 1. The minimum atomic E-state index is -0.235. The highest BCUT2D eigenvalue weighted by molar-refractivity contribution is 5.99. The lowest BCUT2D eigenvalue weighted by Gasteiger charge is -2.38. The number of carbonyl (C=O) groups excluding carboxylic acids is 2. The number of rotatable bonds is 10. The van der Waals surface area contributed by atoms with Crippen molar-refractivity contribution >= 4 is 22.8 Å². The van der Waals surface area contributed by atoms with Crippen molar-refractivity contribution in [1.82, 2.24) is 14.8 Å². The van der Waals surface area contributed by atoms with Crippen LogP contribution < -0.4 is 5.32 Å². The fourth-order valence-corrected chi connectivity index (χ4v) is 4.59. The van der Waals surface area contributed by atoms with Gasteiger partial charge in [0, 0.05) is 56.8 Å². The fraction of sp³-hybridized carbons (Fsp3) is 0.600. The maximum Gasteiger partial charge on any atom is 0.310 e. The molecule has 2 aromatic rings. The van der Waals surface area contributed by atoms with Gasteiger partial charge in [-0.2, -0.15) is 0 Å². The van der Waals surface area contributed by atoms with E-state index in [1.165, 1.54) is 7.11 Å². The van der Waals surface area contributed by atoms with Crippen LogP contribution >= 0.6 is 0 Å². The third-order valence-electron chi connectivity index (χ3n) is 6.14. The van der Waals surface area contributed by atoms with Gasteiger partial charge in [0.25, 0.3) is 5.91 Å². The van der Waals surface area contributed by atoms with Crippen LogP contribution in [0.15, 0.2) is 30.3 Å². The summed E-state index contributed by atoms with van der Waals surface area (Å²) in [6.45, 7) is 7.63. The van der Waals surface area contributed by atoms with Crippen molar-refractivity contribution in [3.8, 4) is 0 Å². The van der Waals surface area contributed by atoms with E-state index >= 15 is 0 Å². The van der Waals surface area contributed by atoms with E-state index in [4.69, 9.17) is 9.47 Å². The number of fused-ring (bicyclic) bond motifs is 1. The van der Waals surface area contributed by atoms with Crippen LogP contribution in [-0.4, -0.2) is 67.8 Å². The summed E-state index contributed by atoms with van der Waals surface area (Å²) in [5.41, 5.74) is 1.79. The fourth-order valence-electron chi connectivity index (χ4n) is 4.59. The third-order valence-corrected chi connectivity index (χ3v) is 6.14. The molecule has 1 aliphatic heterocycles. The number of piperidine rings is 1. The minimum absolute atomic E-state index is 0.0268. The van der Waals surface area contributed by atoms with Crippen LogP contribution in [0, 0.1) is 11.8 Å². The molecule has 1 fully saturated rings.